The number of nitrogens with one attached hydrogen (secondary N) is 2. The third-order valence-corrected chi connectivity index (χ3v) is 5.71. The van der Waals surface area contributed by atoms with Crippen LogP contribution < -0.4 is 5.32 Å². The number of amides is 1. The highest BCUT2D eigenvalue weighted by Gasteiger charge is 2.25. The lowest BCUT2D eigenvalue weighted by Gasteiger charge is -2.21. The smallest absolute Gasteiger partial charge is 0.221 e. The lowest BCUT2D eigenvalue weighted by molar-refractivity contribution is -0.122. The largest absolute Gasteiger partial charge is 0.361 e. The molecule has 5 heteroatoms. The van der Waals surface area contributed by atoms with Crippen molar-refractivity contribution in [2.75, 3.05) is 0 Å². The number of aromatic nitrogens is 1. The highest BCUT2D eigenvalue weighted by atomic mass is 19.1. The third kappa shape index (κ3) is 4.50. The molecule has 0 saturated heterocycles. The molecule has 3 rings (SSSR count). The first-order valence-corrected chi connectivity index (χ1v) is 10.1. The summed E-state index contributed by atoms with van der Waals surface area (Å²) in [5.41, 5.74) is 3.31. The minimum Gasteiger partial charge on any atom is -0.361 e. The Morgan fingerprint density at radius 3 is 2.52 bits per heavy atom. The molecule has 0 aliphatic rings. The zero-order valence-corrected chi connectivity index (χ0v) is 17.4. The van der Waals surface area contributed by atoms with Crippen molar-refractivity contribution in [2.45, 2.75) is 52.5 Å². The zero-order valence-electron chi connectivity index (χ0n) is 17.4. The van der Waals surface area contributed by atoms with Crippen LogP contribution in [0.15, 0.2) is 42.6 Å². The number of halogens is 2. The zero-order chi connectivity index (χ0) is 21.1. The summed E-state index contributed by atoms with van der Waals surface area (Å²) in [7, 11) is 0. The fourth-order valence-corrected chi connectivity index (χ4v) is 3.66. The van der Waals surface area contributed by atoms with E-state index in [0.29, 0.717) is 11.5 Å². The Morgan fingerprint density at radius 2 is 1.86 bits per heavy atom. The van der Waals surface area contributed by atoms with Crippen LogP contribution in [0.4, 0.5) is 8.78 Å². The Hall–Kier alpha value is -2.69. The summed E-state index contributed by atoms with van der Waals surface area (Å²) in [6, 6.07) is 9.57. The van der Waals surface area contributed by atoms with E-state index >= 15 is 0 Å². The number of aryl methyl sites for hydroxylation is 1. The number of benzene rings is 2. The molecule has 0 aliphatic carbocycles. The number of fused-ring (bicyclic) bond motifs is 1. The van der Waals surface area contributed by atoms with E-state index in [1.54, 1.807) is 0 Å². The van der Waals surface area contributed by atoms with Gasteiger partial charge in [-0.05, 0) is 42.0 Å². The Kier molecular flexibility index (Phi) is 6.36. The maximum Gasteiger partial charge on any atom is 0.221 e. The molecule has 2 atom stereocenters. The van der Waals surface area contributed by atoms with Crippen LogP contribution in [0.5, 0.6) is 0 Å². The van der Waals surface area contributed by atoms with E-state index in [2.05, 4.69) is 17.2 Å². The molecule has 2 N–H and O–H groups in total. The van der Waals surface area contributed by atoms with Crippen molar-refractivity contribution in [1.82, 2.24) is 10.3 Å². The van der Waals surface area contributed by atoms with Gasteiger partial charge in [-0.2, -0.15) is 0 Å². The monoisotopic (exact) mass is 398 g/mol. The molecule has 0 saturated carbocycles. The normalized spacial score (nSPS) is 13.6. The highest BCUT2D eigenvalue weighted by Crippen LogP contribution is 2.36. The van der Waals surface area contributed by atoms with Crippen LogP contribution in [0.25, 0.3) is 10.9 Å². The summed E-state index contributed by atoms with van der Waals surface area (Å²) >= 11 is 0. The molecule has 2 unspecified atom stereocenters. The van der Waals surface area contributed by atoms with Crippen LogP contribution in [0.1, 0.15) is 56.7 Å². The molecule has 1 amide bonds. The van der Waals surface area contributed by atoms with Gasteiger partial charge in [0.1, 0.15) is 11.6 Å². The molecule has 2 aromatic carbocycles. The van der Waals surface area contributed by atoms with Gasteiger partial charge in [0.2, 0.25) is 5.91 Å². The molecule has 0 aliphatic heterocycles. The Labute approximate surface area is 170 Å². The number of carbonyl (C=O) groups is 1. The van der Waals surface area contributed by atoms with Gasteiger partial charge in [0, 0.05) is 41.5 Å². The molecule has 3 aromatic rings. The summed E-state index contributed by atoms with van der Waals surface area (Å²) in [5.74, 6) is -1.65. The lowest BCUT2D eigenvalue weighted by Crippen LogP contribution is -2.36. The van der Waals surface area contributed by atoms with Crippen LogP contribution >= 0.6 is 0 Å². The average Bonchev–Trinajstić information content (AvgIpc) is 3.10. The van der Waals surface area contributed by atoms with Crippen molar-refractivity contribution in [3.05, 3.63) is 70.9 Å². The predicted octanol–water partition coefficient (Wildman–Crippen LogP) is 5.69. The summed E-state index contributed by atoms with van der Waals surface area (Å²) in [6.07, 6.45) is 2.79. The van der Waals surface area contributed by atoms with Crippen LogP contribution in [0.2, 0.25) is 0 Å². The molecule has 3 nitrogen and oxygen atoms in total. The van der Waals surface area contributed by atoms with Crippen molar-refractivity contribution in [1.29, 1.82) is 0 Å². The molecule has 0 fully saturated rings. The summed E-state index contributed by atoms with van der Waals surface area (Å²) in [5, 5.41) is 3.96. The minimum atomic E-state index is -0.638. The van der Waals surface area contributed by atoms with Crippen LogP contribution in [-0.4, -0.2) is 16.9 Å². The van der Waals surface area contributed by atoms with Crippen LogP contribution in [-0.2, 0) is 11.2 Å². The molecule has 0 spiro atoms. The van der Waals surface area contributed by atoms with Crippen molar-refractivity contribution < 1.29 is 13.6 Å². The van der Waals surface area contributed by atoms with Gasteiger partial charge in [0.15, 0.2) is 0 Å². The first-order valence-electron chi connectivity index (χ1n) is 10.1. The van der Waals surface area contributed by atoms with Gasteiger partial charge in [-0.1, -0.05) is 45.0 Å². The summed E-state index contributed by atoms with van der Waals surface area (Å²) in [4.78, 5) is 16.0. The van der Waals surface area contributed by atoms with Crippen molar-refractivity contribution >= 4 is 16.8 Å². The van der Waals surface area contributed by atoms with E-state index < -0.39 is 17.6 Å². The third-order valence-electron chi connectivity index (χ3n) is 5.71. The first kappa shape index (κ1) is 21.0. The van der Waals surface area contributed by atoms with E-state index in [-0.39, 0.29) is 18.4 Å². The van der Waals surface area contributed by atoms with E-state index in [0.717, 1.165) is 34.5 Å². The number of carbonyl (C=O) groups excluding carboxylic acids is 1. The van der Waals surface area contributed by atoms with E-state index in [1.165, 1.54) is 12.1 Å². The topological polar surface area (TPSA) is 44.9 Å². The minimum absolute atomic E-state index is 0.0101. The second-order valence-corrected chi connectivity index (χ2v) is 7.96. The molecular weight excluding hydrogens is 370 g/mol. The van der Waals surface area contributed by atoms with Gasteiger partial charge in [-0.25, -0.2) is 8.78 Å². The molecule has 1 heterocycles. The molecule has 29 heavy (non-hydrogen) atoms. The number of rotatable bonds is 7. The molecule has 154 valence electrons. The van der Waals surface area contributed by atoms with Gasteiger partial charge in [-0.15, -0.1) is 0 Å². The highest BCUT2D eigenvalue weighted by molar-refractivity contribution is 5.88. The first-order chi connectivity index (χ1) is 13.8. The Bertz CT molecular complexity index is 1010. The van der Waals surface area contributed by atoms with E-state index in [1.807, 2.05) is 45.2 Å². The number of hydrogen-bond donors (Lipinski definition) is 2. The number of H-pyrrole nitrogens is 1. The lowest BCUT2D eigenvalue weighted by atomic mass is 9.87. The fraction of sp³-hybridized carbons (Fsp3) is 0.375. The van der Waals surface area contributed by atoms with Gasteiger partial charge in [-0.3, -0.25) is 4.79 Å². The fourth-order valence-electron chi connectivity index (χ4n) is 3.66. The van der Waals surface area contributed by atoms with Gasteiger partial charge in [0.05, 0.1) is 0 Å². The number of hydrogen-bond acceptors (Lipinski definition) is 1. The maximum absolute atomic E-state index is 14.7. The van der Waals surface area contributed by atoms with Crippen molar-refractivity contribution in [2.24, 2.45) is 5.92 Å². The van der Waals surface area contributed by atoms with Crippen LogP contribution in [0.3, 0.4) is 0 Å². The molecule has 1 aromatic heterocycles. The number of aromatic amines is 1. The molecule has 0 bridgehead atoms. The van der Waals surface area contributed by atoms with Gasteiger partial charge in [0.25, 0.3) is 0 Å². The van der Waals surface area contributed by atoms with Crippen molar-refractivity contribution in [3.8, 4) is 0 Å². The maximum atomic E-state index is 14.7. The number of para-hydroxylation sites is 1. The van der Waals surface area contributed by atoms with E-state index in [9.17, 15) is 13.6 Å². The summed E-state index contributed by atoms with van der Waals surface area (Å²) in [6.45, 7) is 8.10. The second kappa shape index (κ2) is 8.76. The summed E-state index contributed by atoms with van der Waals surface area (Å²) < 4.78 is 28.2. The molecular formula is C24H28F2N2O. The Morgan fingerprint density at radius 1 is 1.10 bits per heavy atom. The van der Waals surface area contributed by atoms with Crippen molar-refractivity contribution in [3.63, 3.8) is 0 Å². The Balaban J connectivity index is 2.05. The SMILES string of the molecule is CCc1cccc2c(C(CC(=O)NC(C)C(C)C)c3ccc(F)cc3F)c[nH]c12. The quantitative estimate of drug-likeness (QED) is 0.527. The van der Waals surface area contributed by atoms with Crippen LogP contribution in [0, 0.1) is 17.6 Å². The second-order valence-electron chi connectivity index (χ2n) is 7.96. The van der Waals surface area contributed by atoms with Gasteiger partial charge < -0.3 is 10.3 Å². The molecule has 0 radical (unpaired) electrons. The standard InChI is InChI=1S/C24H28F2N2O/c1-5-16-7-6-8-19-21(13-27-24(16)19)20(12-23(29)28-15(4)14(2)3)18-10-9-17(25)11-22(18)26/h6-11,13-15,20,27H,5,12H2,1-4H3,(H,28,29). The van der Waals surface area contributed by atoms with Gasteiger partial charge >= 0.3 is 0 Å². The predicted molar refractivity (Wildman–Crippen MR) is 113 cm³/mol. The van der Waals surface area contributed by atoms with E-state index in [4.69, 9.17) is 0 Å². The average molecular weight is 398 g/mol.